The van der Waals surface area contributed by atoms with Crippen molar-refractivity contribution in [3.8, 4) is 0 Å². The Morgan fingerprint density at radius 3 is 2.50 bits per heavy atom. The molecule has 0 aliphatic heterocycles. The lowest BCUT2D eigenvalue weighted by Gasteiger charge is -2.01. The third-order valence-corrected chi connectivity index (χ3v) is 4.14. The maximum Gasteiger partial charge on any atom is 0.161 e. The number of aromatic nitrogens is 4. The van der Waals surface area contributed by atoms with Gasteiger partial charge in [-0.05, 0) is 19.1 Å². The van der Waals surface area contributed by atoms with E-state index in [1.54, 1.807) is 0 Å². The van der Waals surface area contributed by atoms with Crippen LogP contribution in [0.2, 0.25) is 0 Å². The van der Waals surface area contributed by atoms with Gasteiger partial charge in [-0.2, -0.15) is 0 Å². The molecule has 4 rings (SSSR count). The molecule has 3 heterocycles. The van der Waals surface area contributed by atoms with Crippen molar-refractivity contribution in [3.05, 3.63) is 30.1 Å². The summed E-state index contributed by atoms with van der Waals surface area (Å²) in [5.41, 5.74) is 5.94. The van der Waals surface area contributed by atoms with Crippen LogP contribution in [-0.2, 0) is 0 Å². The third kappa shape index (κ3) is 1.54. The Balaban J connectivity index is 2.22. The number of fused-ring (bicyclic) bond motifs is 4. The van der Waals surface area contributed by atoms with E-state index in [1.165, 1.54) is 11.3 Å². The number of thiophene rings is 1. The standard InChI is InChI=1S/C13H10N6S/c1-6-15-9-10-13(20-11(9)12(16-6)19-14)18-8-5-3-2-4-7(8)17-10/h2-5H,14H2,1H3,(H,15,16,19). The average Bonchev–Trinajstić information content (AvgIpc) is 2.81. The van der Waals surface area contributed by atoms with E-state index in [9.17, 15) is 0 Å². The van der Waals surface area contributed by atoms with Crippen molar-refractivity contribution < 1.29 is 0 Å². The number of hydrogen-bond acceptors (Lipinski definition) is 7. The monoisotopic (exact) mass is 282 g/mol. The summed E-state index contributed by atoms with van der Waals surface area (Å²) in [7, 11) is 0. The quantitative estimate of drug-likeness (QED) is 0.411. The summed E-state index contributed by atoms with van der Waals surface area (Å²) in [5.74, 6) is 6.80. The predicted octanol–water partition coefficient (Wildman–Crippen LogP) is 2.38. The molecule has 0 saturated heterocycles. The molecule has 3 aromatic heterocycles. The lowest BCUT2D eigenvalue weighted by molar-refractivity contribution is 1.08. The number of nitrogen functional groups attached to an aromatic ring is 1. The van der Waals surface area contributed by atoms with E-state index in [-0.39, 0.29) is 0 Å². The maximum absolute atomic E-state index is 5.53. The smallest absolute Gasteiger partial charge is 0.161 e. The van der Waals surface area contributed by atoms with E-state index in [4.69, 9.17) is 5.84 Å². The van der Waals surface area contributed by atoms with Gasteiger partial charge in [0, 0.05) is 0 Å². The molecule has 0 atom stereocenters. The zero-order valence-electron chi connectivity index (χ0n) is 10.6. The van der Waals surface area contributed by atoms with Crippen molar-refractivity contribution in [2.24, 2.45) is 5.84 Å². The number of anilines is 1. The van der Waals surface area contributed by atoms with Gasteiger partial charge >= 0.3 is 0 Å². The Kier molecular flexibility index (Phi) is 2.32. The number of para-hydroxylation sites is 2. The summed E-state index contributed by atoms with van der Waals surface area (Å²) in [4.78, 5) is 18.9. The first-order valence-corrected chi connectivity index (χ1v) is 6.88. The second-order valence-corrected chi connectivity index (χ2v) is 5.41. The fraction of sp³-hybridized carbons (Fsp3) is 0.0769. The van der Waals surface area contributed by atoms with Gasteiger partial charge in [-0.3, -0.25) is 0 Å². The first-order valence-electron chi connectivity index (χ1n) is 6.06. The molecule has 20 heavy (non-hydrogen) atoms. The molecule has 0 amide bonds. The van der Waals surface area contributed by atoms with Gasteiger partial charge in [0.1, 0.15) is 26.4 Å². The first kappa shape index (κ1) is 11.4. The SMILES string of the molecule is Cc1nc(NN)c2sc3nc4ccccc4nc3c2n1. The van der Waals surface area contributed by atoms with Gasteiger partial charge in [0.25, 0.3) is 0 Å². The number of nitrogens with zero attached hydrogens (tertiary/aromatic N) is 4. The van der Waals surface area contributed by atoms with Gasteiger partial charge in [-0.25, -0.2) is 25.8 Å². The van der Waals surface area contributed by atoms with Gasteiger partial charge in [-0.15, -0.1) is 11.3 Å². The second-order valence-electron chi connectivity index (χ2n) is 4.41. The van der Waals surface area contributed by atoms with Crippen LogP contribution in [0, 0.1) is 6.92 Å². The second kappa shape index (κ2) is 4.06. The third-order valence-electron chi connectivity index (χ3n) is 3.08. The van der Waals surface area contributed by atoms with E-state index in [1.807, 2.05) is 31.2 Å². The van der Waals surface area contributed by atoms with Crippen LogP contribution in [0.1, 0.15) is 5.82 Å². The van der Waals surface area contributed by atoms with Crippen LogP contribution in [0.3, 0.4) is 0 Å². The van der Waals surface area contributed by atoms with E-state index in [0.717, 1.165) is 31.6 Å². The van der Waals surface area contributed by atoms with Crippen LogP contribution in [0.4, 0.5) is 5.82 Å². The number of aryl methyl sites for hydroxylation is 1. The van der Waals surface area contributed by atoms with E-state index < -0.39 is 0 Å². The van der Waals surface area contributed by atoms with E-state index in [0.29, 0.717) is 11.6 Å². The summed E-state index contributed by atoms with van der Waals surface area (Å²) in [6.07, 6.45) is 0. The van der Waals surface area contributed by atoms with Gasteiger partial charge in [0.05, 0.1) is 11.0 Å². The highest BCUT2D eigenvalue weighted by molar-refractivity contribution is 7.25. The Bertz CT molecular complexity index is 961. The molecule has 3 N–H and O–H groups in total. The minimum Gasteiger partial charge on any atom is -0.307 e. The Labute approximate surface area is 117 Å². The highest BCUT2D eigenvalue weighted by Gasteiger charge is 2.15. The lowest BCUT2D eigenvalue weighted by atomic mass is 10.3. The molecular weight excluding hydrogens is 272 g/mol. The topological polar surface area (TPSA) is 89.6 Å². The number of nitrogens with two attached hydrogens (primary N) is 1. The van der Waals surface area contributed by atoms with Crippen molar-refractivity contribution in [2.45, 2.75) is 6.92 Å². The fourth-order valence-corrected chi connectivity index (χ4v) is 3.24. The maximum atomic E-state index is 5.53. The number of hydrogen-bond donors (Lipinski definition) is 2. The van der Waals surface area contributed by atoms with Crippen molar-refractivity contribution >= 4 is 48.8 Å². The molecule has 6 nitrogen and oxygen atoms in total. The van der Waals surface area contributed by atoms with Crippen molar-refractivity contribution in [3.63, 3.8) is 0 Å². The molecule has 0 aliphatic rings. The van der Waals surface area contributed by atoms with Crippen LogP contribution in [0.15, 0.2) is 24.3 Å². The summed E-state index contributed by atoms with van der Waals surface area (Å²) in [6, 6.07) is 7.80. The highest BCUT2D eigenvalue weighted by Crippen LogP contribution is 2.34. The van der Waals surface area contributed by atoms with Crippen molar-refractivity contribution in [1.29, 1.82) is 0 Å². The van der Waals surface area contributed by atoms with Crippen LogP contribution in [-0.4, -0.2) is 19.9 Å². The largest absolute Gasteiger partial charge is 0.307 e. The fourth-order valence-electron chi connectivity index (χ4n) is 2.22. The molecule has 0 radical (unpaired) electrons. The molecule has 4 aromatic rings. The number of rotatable bonds is 1. The van der Waals surface area contributed by atoms with Gasteiger partial charge < -0.3 is 5.43 Å². The van der Waals surface area contributed by atoms with Crippen LogP contribution >= 0.6 is 11.3 Å². The summed E-state index contributed by atoms with van der Waals surface area (Å²) in [6.45, 7) is 1.83. The highest BCUT2D eigenvalue weighted by atomic mass is 32.1. The minimum atomic E-state index is 0.612. The molecule has 7 heteroatoms. The number of benzene rings is 1. The molecule has 0 unspecified atom stereocenters. The van der Waals surface area contributed by atoms with Gasteiger partial charge in [-0.1, -0.05) is 12.1 Å². The molecule has 0 fully saturated rings. The number of hydrazine groups is 1. The summed E-state index contributed by atoms with van der Waals surface area (Å²) >= 11 is 1.50. The van der Waals surface area contributed by atoms with E-state index in [2.05, 4.69) is 25.4 Å². The summed E-state index contributed by atoms with van der Waals surface area (Å²) < 4.78 is 0.878. The van der Waals surface area contributed by atoms with Crippen LogP contribution in [0.5, 0.6) is 0 Å². The zero-order valence-corrected chi connectivity index (χ0v) is 11.4. The average molecular weight is 282 g/mol. The Morgan fingerprint density at radius 2 is 1.75 bits per heavy atom. The minimum absolute atomic E-state index is 0.612. The molecular formula is C13H10N6S. The van der Waals surface area contributed by atoms with Crippen molar-refractivity contribution in [1.82, 2.24) is 19.9 Å². The normalized spacial score (nSPS) is 11.5. The van der Waals surface area contributed by atoms with Gasteiger partial charge in [0.2, 0.25) is 0 Å². The van der Waals surface area contributed by atoms with Crippen LogP contribution < -0.4 is 11.3 Å². The molecule has 1 aromatic carbocycles. The molecule has 0 aliphatic carbocycles. The Hall–Kier alpha value is -2.38. The van der Waals surface area contributed by atoms with E-state index >= 15 is 0 Å². The number of nitrogens with one attached hydrogen (secondary N) is 1. The molecule has 0 saturated carbocycles. The summed E-state index contributed by atoms with van der Waals surface area (Å²) in [5, 5.41) is 0. The molecule has 0 spiro atoms. The van der Waals surface area contributed by atoms with Gasteiger partial charge in [0.15, 0.2) is 5.82 Å². The first-order chi connectivity index (χ1) is 9.76. The van der Waals surface area contributed by atoms with Crippen LogP contribution in [0.25, 0.3) is 31.6 Å². The molecule has 98 valence electrons. The van der Waals surface area contributed by atoms with Crippen molar-refractivity contribution in [2.75, 3.05) is 5.43 Å². The zero-order chi connectivity index (χ0) is 13.7. The Morgan fingerprint density at radius 1 is 1.00 bits per heavy atom. The predicted molar refractivity (Wildman–Crippen MR) is 80.6 cm³/mol. The lowest BCUT2D eigenvalue weighted by Crippen LogP contribution is -2.09. The molecule has 0 bridgehead atoms.